The molecule has 2 aromatic heterocycles. The maximum atomic E-state index is 12.5. The largest absolute Gasteiger partial charge is 0.297 e. The Morgan fingerprint density at radius 1 is 0.588 bits per heavy atom. The third kappa shape index (κ3) is 4.86. The fraction of sp³-hybridized carbons (Fsp3) is 0.0769. The molecule has 8 heteroatoms. The quantitative estimate of drug-likeness (QED) is 0.371. The van der Waals surface area contributed by atoms with Gasteiger partial charge in [-0.25, -0.2) is 9.97 Å². The Morgan fingerprint density at radius 2 is 0.971 bits per heavy atom. The van der Waals surface area contributed by atoms with Crippen LogP contribution in [0.4, 0.5) is 34.4 Å². The number of rotatable bonds is 7. The van der Waals surface area contributed by atoms with Gasteiger partial charge in [-0.3, -0.25) is 30.2 Å². The van der Waals surface area contributed by atoms with Crippen molar-refractivity contribution < 1.29 is 9.59 Å². The number of hydrogen-bond donors (Lipinski definition) is 2. The highest BCUT2D eigenvalue weighted by Gasteiger charge is 2.21. The van der Waals surface area contributed by atoms with Crippen molar-refractivity contribution in [2.45, 2.75) is 13.8 Å². The van der Waals surface area contributed by atoms with E-state index < -0.39 is 0 Å². The maximum Gasteiger partial charge on any atom is 0.229 e. The number of carbonyl (C=O) groups is 2. The maximum absolute atomic E-state index is 12.5. The second-order valence-corrected chi connectivity index (χ2v) is 7.38. The molecule has 2 amide bonds. The molecule has 0 bridgehead atoms. The van der Waals surface area contributed by atoms with Crippen LogP contribution in [0.2, 0.25) is 0 Å². The van der Waals surface area contributed by atoms with Crippen molar-refractivity contribution in [2.24, 2.45) is 0 Å². The van der Waals surface area contributed by atoms with Crippen molar-refractivity contribution >= 4 is 46.2 Å². The fourth-order valence-electron chi connectivity index (χ4n) is 3.54. The van der Waals surface area contributed by atoms with Gasteiger partial charge in [0, 0.05) is 26.2 Å². The summed E-state index contributed by atoms with van der Waals surface area (Å²) >= 11 is 0. The minimum Gasteiger partial charge on any atom is -0.297 e. The molecule has 0 fully saturated rings. The summed E-state index contributed by atoms with van der Waals surface area (Å²) in [6, 6.07) is 25.8. The van der Waals surface area contributed by atoms with Crippen molar-refractivity contribution in [1.29, 1.82) is 0 Å². The zero-order valence-electron chi connectivity index (χ0n) is 18.8. The molecule has 4 rings (SSSR count). The highest BCUT2D eigenvalue weighted by atomic mass is 16.2. The molecule has 0 aliphatic rings. The number of nitrogens with zero attached hydrogens (tertiary/aromatic N) is 4. The zero-order valence-corrected chi connectivity index (χ0v) is 18.8. The summed E-state index contributed by atoms with van der Waals surface area (Å²) in [6.45, 7) is 2.98. The Hall–Kier alpha value is -4.72. The monoisotopic (exact) mass is 452 g/mol. The van der Waals surface area contributed by atoms with Gasteiger partial charge in [0.25, 0.3) is 0 Å². The van der Waals surface area contributed by atoms with Gasteiger partial charge in [-0.05, 0) is 48.5 Å². The Balaban J connectivity index is 1.66. The number of amides is 2. The van der Waals surface area contributed by atoms with Crippen molar-refractivity contribution in [3.63, 3.8) is 0 Å². The minimum absolute atomic E-state index is 0.179. The van der Waals surface area contributed by atoms with E-state index in [1.54, 1.807) is 24.5 Å². The molecule has 4 aromatic rings. The lowest BCUT2D eigenvalue weighted by Gasteiger charge is -2.25. The minimum atomic E-state index is -0.179. The van der Waals surface area contributed by atoms with Crippen LogP contribution in [0.15, 0.2) is 97.3 Å². The number of benzene rings is 2. The summed E-state index contributed by atoms with van der Waals surface area (Å²) in [5.41, 5.74) is 8.82. The summed E-state index contributed by atoms with van der Waals surface area (Å²) in [6.07, 6.45) is 3.25. The van der Waals surface area contributed by atoms with E-state index in [4.69, 9.17) is 0 Å². The third-order valence-electron chi connectivity index (χ3n) is 4.99. The molecular weight excluding hydrogens is 428 g/mol. The van der Waals surface area contributed by atoms with Gasteiger partial charge in [0.05, 0.1) is 22.7 Å². The van der Waals surface area contributed by atoms with Gasteiger partial charge in [0.15, 0.2) is 11.6 Å². The molecular formula is C26H24N6O2. The Labute approximate surface area is 197 Å². The molecule has 0 radical (unpaired) electrons. The van der Waals surface area contributed by atoms with Gasteiger partial charge < -0.3 is 0 Å². The lowest BCUT2D eigenvalue weighted by molar-refractivity contribution is -0.116. The topological polar surface area (TPSA) is 90.5 Å². The van der Waals surface area contributed by atoms with E-state index in [-0.39, 0.29) is 11.8 Å². The second-order valence-electron chi connectivity index (χ2n) is 7.38. The average molecular weight is 453 g/mol. The van der Waals surface area contributed by atoms with Crippen molar-refractivity contribution in [3.8, 4) is 0 Å². The molecule has 0 aliphatic heterocycles. The standard InChI is InChI=1S/C26H24N6O2/c1-19(33)31(21-11-5-3-6-12-21)25-23(15-9-17-27-25)29-30-24-16-10-18-28-26(24)32(20(2)34)22-13-7-4-8-14-22/h3-18,29-30H,1-2H3. The van der Waals surface area contributed by atoms with E-state index in [0.29, 0.717) is 34.4 Å². The molecule has 0 spiro atoms. The van der Waals surface area contributed by atoms with Crippen LogP contribution in [-0.4, -0.2) is 21.8 Å². The van der Waals surface area contributed by atoms with Crippen LogP contribution >= 0.6 is 0 Å². The number of nitrogens with one attached hydrogen (secondary N) is 2. The summed E-state index contributed by atoms with van der Waals surface area (Å²) in [7, 11) is 0. The van der Waals surface area contributed by atoms with E-state index >= 15 is 0 Å². The first kappa shape index (κ1) is 22.5. The average Bonchev–Trinajstić information content (AvgIpc) is 2.85. The third-order valence-corrected chi connectivity index (χ3v) is 4.99. The van der Waals surface area contributed by atoms with Gasteiger partial charge in [-0.15, -0.1) is 0 Å². The second kappa shape index (κ2) is 10.3. The SMILES string of the molecule is CC(=O)N(c1ccccc1)c1ncccc1NNc1cccnc1N(C(C)=O)c1ccccc1. The van der Waals surface area contributed by atoms with Crippen LogP contribution < -0.4 is 20.7 Å². The number of hydrazine groups is 1. The number of aromatic nitrogens is 2. The molecule has 0 saturated heterocycles. The fourth-order valence-corrected chi connectivity index (χ4v) is 3.54. The summed E-state index contributed by atoms with van der Waals surface area (Å²) in [4.78, 5) is 37.0. The number of hydrogen-bond acceptors (Lipinski definition) is 6. The molecule has 0 aliphatic carbocycles. The summed E-state index contributed by atoms with van der Waals surface area (Å²) in [5, 5.41) is 0. The summed E-state index contributed by atoms with van der Waals surface area (Å²) in [5.74, 6) is 0.514. The molecule has 170 valence electrons. The van der Waals surface area contributed by atoms with Crippen LogP contribution in [0.5, 0.6) is 0 Å². The molecule has 0 atom stereocenters. The van der Waals surface area contributed by atoms with Crippen molar-refractivity contribution in [2.75, 3.05) is 20.7 Å². The summed E-state index contributed by atoms with van der Waals surface area (Å²) < 4.78 is 0. The number of para-hydroxylation sites is 2. The first-order chi connectivity index (χ1) is 16.6. The van der Waals surface area contributed by atoms with Crippen molar-refractivity contribution in [1.82, 2.24) is 9.97 Å². The molecule has 2 N–H and O–H groups in total. The number of anilines is 6. The van der Waals surface area contributed by atoms with Crippen LogP contribution in [-0.2, 0) is 9.59 Å². The predicted octanol–water partition coefficient (Wildman–Crippen LogP) is 5.28. The molecule has 0 saturated carbocycles. The Morgan fingerprint density at radius 3 is 1.32 bits per heavy atom. The van der Waals surface area contributed by atoms with Crippen LogP contribution in [0, 0.1) is 0 Å². The van der Waals surface area contributed by atoms with Gasteiger partial charge >= 0.3 is 0 Å². The Bertz CT molecular complexity index is 1180. The first-order valence-electron chi connectivity index (χ1n) is 10.7. The van der Waals surface area contributed by atoms with E-state index in [0.717, 1.165) is 0 Å². The first-order valence-corrected chi connectivity index (χ1v) is 10.7. The van der Waals surface area contributed by atoms with Crippen LogP contribution in [0.25, 0.3) is 0 Å². The van der Waals surface area contributed by atoms with Crippen molar-refractivity contribution in [3.05, 3.63) is 97.3 Å². The number of pyridine rings is 2. The molecule has 2 aromatic carbocycles. The van der Waals surface area contributed by atoms with E-state index in [9.17, 15) is 9.59 Å². The van der Waals surface area contributed by atoms with Crippen LogP contribution in [0.1, 0.15) is 13.8 Å². The smallest absolute Gasteiger partial charge is 0.229 e. The van der Waals surface area contributed by atoms with E-state index in [2.05, 4.69) is 20.8 Å². The van der Waals surface area contributed by atoms with Crippen LogP contribution in [0.3, 0.4) is 0 Å². The zero-order chi connectivity index (χ0) is 23.9. The Kier molecular flexibility index (Phi) is 6.78. The lowest BCUT2D eigenvalue weighted by atomic mass is 10.2. The van der Waals surface area contributed by atoms with Gasteiger partial charge in [0.2, 0.25) is 11.8 Å². The molecule has 34 heavy (non-hydrogen) atoms. The predicted molar refractivity (Wildman–Crippen MR) is 134 cm³/mol. The highest BCUT2D eigenvalue weighted by molar-refractivity contribution is 6.02. The van der Waals surface area contributed by atoms with E-state index in [1.807, 2.05) is 72.8 Å². The van der Waals surface area contributed by atoms with Gasteiger partial charge in [-0.2, -0.15) is 0 Å². The van der Waals surface area contributed by atoms with Gasteiger partial charge in [-0.1, -0.05) is 36.4 Å². The molecule has 8 nitrogen and oxygen atoms in total. The lowest BCUT2D eigenvalue weighted by Crippen LogP contribution is -2.27. The highest BCUT2D eigenvalue weighted by Crippen LogP contribution is 2.33. The van der Waals surface area contributed by atoms with Gasteiger partial charge in [0.1, 0.15) is 0 Å². The normalized spacial score (nSPS) is 10.3. The van der Waals surface area contributed by atoms with E-state index in [1.165, 1.54) is 23.6 Å². The number of carbonyl (C=O) groups excluding carboxylic acids is 2. The molecule has 0 unspecified atom stereocenters. The molecule has 2 heterocycles.